The molecule has 0 saturated carbocycles. The molecule has 0 saturated heterocycles. The van der Waals surface area contributed by atoms with Gasteiger partial charge in [0.1, 0.15) is 0 Å². The third-order valence-corrected chi connectivity index (χ3v) is 21.5. The summed E-state index contributed by atoms with van der Waals surface area (Å²) in [4.78, 5) is 12.0. The van der Waals surface area contributed by atoms with Crippen LogP contribution in [0.15, 0.2) is 315 Å². The van der Waals surface area contributed by atoms with Crippen LogP contribution in [-0.4, -0.2) is 9.97 Å². The van der Waals surface area contributed by atoms with Gasteiger partial charge in [-0.05, 0) is 182 Å². The second-order valence-electron chi connectivity index (χ2n) is 25.9. The van der Waals surface area contributed by atoms with E-state index in [1.165, 1.54) is 122 Å². The zero-order chi connectivity index (χ0) is 60.2. The highest BCUT2D eigenvalue weighted by molar-refractivity contribution is 6.11. The Bertz CT molecular complexity index is 5230. The first kappa shape index (κ1) is 51.6. The Hall–Kier alpha value is -11.3. The van der Waals surface area contributed by atoms with E-state index in [2.05, 4.69) is 303 Å². The van der Waals surface area contributed by atoms with Gasteiger partial charge in [-0.15, -0.1) is 0 Å². The van der Waals surface area contributed by atoms with E-state index in [1.54, 1.807) is 0 Å². The summed E-state index contributed by atoms with van der Waals surface area (Å²) in [6.45, 7) is 0. The zero-order valence-electron chi connectivity index (χ0n) is 50.6. The number of nitrogens with zero attached hydrogens (tertiary/aromatic N) is 2. The average Bonchev–Trinajstić information content (AvgIpc) is 1.52. The molecule has 13 aromatic carbocycles. The Morgan fingerprint density at radius 2 is 0.576 bits per heavy atom. The Morgan fingerprint density at radius 3 is 0.989 bits per heavy atom. The normalized spacial score (nSPS) is 15.4. The van der Waals surface area contributed by atoms with Crippen molar-refractivity contribution in [2.75, 3.05) is 0 Å². The summed E-state index contributed by atoms with van der Waals surface area (Å²) in [5.74, 6) is 0. The van der Waals surface area contributed by atoms with Crippen molar-refractivity contribution in [3.05, 3.63) is 359 Å². The highest BCUT2D eigenvalue weighted by atomic mass is 14.8. The van der Waals surface area contributed by atoms with E-state index in [4.69, 9.17) is 9.97 Å². The van der Waals surface area contributed by atoms with Crippen molar-refractivity contribution in [1.82, 2.24) is 9.97 Å². The van der Waals surface area contributed by atoms with Gasteiger partial charge in [0.05, 0.1) is 33.3 Å². The Kier molecular flexibility index (Phi) is 11.0. The largest absolute Gasteiger partial charge is 0.243 e. The van der Waals surface area contributed by atoms with E-state index in [0.29, 0.717) is 0 Å². The molecule has 6 aliphatic carbocycles. The molecule has 0 fully saturated rings. The van der Waals surface area contributed by atoms with Crippen LogP contribution in [0.5, 0.6) is 0 Å². The lowest BCUT2D eigenvalue weighted by Gasteiger charge is -2.33. The lowest BCUT2D eigenvalue weighted by Crippen LogP contribution is -2.27. The minimum absolute atomic E-state index is 0.345. The molecule has 1 aromatic heterocycles. The van der Waals surface area contributed by atoms with Crippen LogP contribution in [0.4, 0.5) is 0 Å². The molecular weight excluding hydrogens is 1110 g/mol. The first-order valence-electron chi connectivity index (χ1n) is 32.6. The molecule has 2 nitrogen and oxygen atoms in total. The quantitative estimate of drug-likeness (QED) is 0.166. The molecule has 14 aromatic rings. The van der Waals surface area contributed by atoms with Gasteiger partial charge in [0.2, 0.25) is 0 Å². The molecule has 0 amide bonds. The van der Waals surface area contributed by atoms with Crippen LogP contribution < -0.4 is 0 Å². The second kappa shape index (κ2) is 19.6. The van der Waals surface area contributed by atoms with E-state index in [-0.39, 0.29) is 10.8 Å². The van der Waals surface area contributed by atoms with E-state index >= 15 is 0 Å². The third-order valence-electron chi connectivity index (χ3n) is 21.5. The molecule has 2 heteroatoms. The highest BCUT2D eigenvalue weighted by Crippen LogP contribution is 2.66. The number of fused-ring (bicyclic) bond motifs is 21. The summed E-state index contributed by atoms with van der Waals surface area (Å²) in [5.41, 5.74) is 36.0. The van der Waals surface area contributed by atoms with Crippen molar-refractivity contribution >= 4 is 43.7 Å². The SMILES string of the molecule is C1=CC2=C(CC1)C1(c3cc(-c4ccc(-c5nc6c(-c7cccc8ccccc78)ccc(-c7cccc8ccccc78)c6nc5-c5ccc(-c6ccc7c(c6)C6(C8=C7C=CCC8)c7ccccc7-c7ccccc76)cc5)cc4)ccc32)c2ccccc2-c2ccccc21. The number of benzene rings is 13. The standard InChI is InChI=1S/C90H58N2/c1-3-23-63-57(19-1)21-17-31-65(63)75-51-52-76(66-32-18-22-58-20-2-4-24-64(58)66)88-87(75)91-85(59-43-39-55(40-44-59)61-47-49-73-71-29-9-15-37-81(71)89(83(73)53-61)77-33-11-5-25-67(77)68-26-6-12-34-78(68)89)86(92-88)60-45-41-56(42-46-60)62-48-50-74-72-30-10-16-38-82(72)90(84(74)54-62)79-35-13-7-27-69(79)70-28-8-14-36-80(70)90/h1-14,17-36,39-54H,15-16,37-38H2. The highest BCUT2D eigenvalue weighted by Gasteiger charge is 2.54. The maximum Gasteiger partial charge on any atom is 0.0979 e. The van der Waals surface area contributed by atoms with Gasteiger partial charge >= 0.3 is 0 Å². The van der Waals surface area contributed by atoms with Gasteiger partial charge in [-0.1, -0.05) is 291 Å². The maximum atomic E-state index is 6.00. The molecule has 2 spiro atoms. The molecule has 428 valence electrons. The summed E-state index contributed by atoms with van der Waals surface area (Å²) in [6.07, 6.45) is 13.7. The van der Waals surface area contributed by atoms with Crippen molar-refractivity contribution in [2.45, 2.75) is 36.5 Å². The number of aromatic nitrogens is 2. The van der Waals surface area contributed by atoms with Crippen molar-refractivity contribution < 1.29 is 0 Å². The lowest BCUT2D eigenvalue weighted by molar-refractivity contribution is 0.714. The fourth-order valence-corrected chi connectivity index (χ4v) is 17.7. The predicted molar refractivity (Wildman–Crippen MR) is 381 cm³/mol. The van der Waals surface area contributed by atoms with Crippen LogP contribution >= 0.6 is 0 Å². The third kappa shape index (κ3) is 7.04. The number of rotatable bonds is 6. The van der Waals surface area contributed by atoms with Gasteiger partial charge in [-0.3, -0.25) is 0 Å². The van der Waals surface area contributed by atoms with E-state index in [9.17, 15) is 0 Å². The average molecular weight is 1170 g/mol. The smallest absolute Gasteiger partial charge is 0.0979 e. The molecule has 92 heavy (non-hydrogen) atoms. The maximum absolute atomic E-state index is 6.00. The summed E-state index contributed by atoms with van der Waals surface area (Å²) in [5, 5.41) is 4.74. The van der Waals surface area contributed by atoms with Crippen LogP contribution in [0.1, 0.15) is 70.2 Å². The number of hydrogen-bond acceptors (Lipinski definition) is 2. The summed E-state index contributed by atoms with van der Waals surface area (Å²) >= 11 is 0. The molecule has 0 aliphatic heterocycles. The van der Waals surface area contributed by atoms with E-state index in [0.717, 1.165) is 92.6 Å². The van der Waals surface area contributed by atoms with Crippen molar-refractivity contribution in [3.8, 4) is 89.3 Å². The van der Waals surface area contributed by atoms with E-state index < -0.39 is 0 Å². The predicted octanol–water partition coefficient (Wildman–Crippen LogP) is 22.8. The molecule has 0 bridgehead atoms. The molecule has 0 radical (unpaired) electrons. The first-order valence-corrected chi connectivity index (χ1v) is 32.6. The van der Waals surface area contributed by atoms with E-state index in [1.807, 2.05) is 0 Å². The van der Waals surface area contributed by atoms with Gasteiger partial charge in [-0.2, -0.15) is 0 Å². The van der Waals surface area contributed by atoms with Crippen molar-refractivity contribution in [2.24, 2.45) is 0 Å². The topological polar surface area (TPSA) is 25.8 Å². The van der Waals surface area contributed by atoms with Crippen LogP contribution in [0.25, 0.3) is 133 Å². The minimum Gasteiger partial charge on any atom is -0.243 e. The van der Waals surface area contributed by atoms with Gasteiger partial charge < -0.3 is 0 Å². The Morgan fingerprint density at radius 1 is 0.250 bits per heavy atom. The van der Waals surface area contributed by atoms with Gasteiger partial charge in [0.25, 0.3) is 0 Å². The van der Waals surface area contributed by atoms with Crippen molar-refractivity contribution in [1.29, 1.82) is 0 Å². The summed E-state index contributed by atoms with van der Waals surface area (Å²) in [6, 6.07) is 105. The lowest BCUT2D eigenvalue weighted by atomic mass is 9.68. The van der Waals surface area contributed by atoms with Crippen LogP contribution in [0.2, 0.25) is 0 Å². The monoisotopic (exact) mass is 1170 g/mol. The summed E-state index contributed by atoms with van der Waals surface area (Å²) in [7, 11) is 0. The molecule has 0 N–H and O–H groups in total. The zero-order valence-corrected chi connectivity index (χ0v) is 50.6. The molecule has 0 atom stereocenters. The Labute approximate surface area is 535 Å². The number of allylic oxidation sites excluding steroid dienone is 8. The van der Waals surface area contributed by atoms with Gasteiger partial charge in [-0.25, -0.2) is 9.97 Å². The molecule has 20 rings (SSSR count). The van der Waals surface area contributed by atoms with Gasteiger partial charge in [0, 0.05) is 22.3 Å². The summed E-state index contributed by atoms with van der Waals surface area (Å²) < 4.78 is 0. The Balaban J connectivity index is 0.771. The first-order chi connectivity index (χ1) is 45.6. The molecule has 0 unspecified atom stereocenters. The fraction of sp³-hybridized carbons (Fsp3) is 0.0667. The molecular formula is C90H58N2. The molecule has 6 aliphatic rings. The minimum atomic E-state index is -0.345. The second-order valence-corrected chi connectivity index (χ2v) is 25.9. The van der Waals surface area contributed by atoms with Crippen LogP contribution in [0, 0.1) is 0 Å². The number of hydrogen-bond donors (Lipinski definition) is 0. The molecule has 1 heterocycles. The van der Waals surface area contributed by atoms with Crippen molar-refractivity contribution in [3.63, 3.8) is 0 Å². The fourth-order valence-electron chi connectivity index (χ4n) is 17.7. The van der Waals surface area contributed by atoms with Crippen LogP contribution in [-0.2, 0) is 10.8 Å². The van der Waals surface area contributed by atoms with Gasteiger partial charge in [0.15, 0.2) is 0 Å². The van der Waals surface area contributed by atoms with Crippen LogP contribution in [0.3, 0.4) is 0 Å².